The largest absolute Gasteiger partial charge is 0.496 e. The van der Waals surface area contributed by atoms with Crippen molar-refractivity contribution in [2.45, 2.75) is 39.3 Å². The molecule has 0 fully saturated rings. The Morgan fingerprint density at radius 1 is 1.29 bits per heavy atom. The fraction of sp³-hybridized carbons (Fsp3) is 0.467. The number of amides is 2. The second-order valence-corrected chi connectivity index (χ2v) is 5.89. The summed E-state index contributed by atoms with van der Waals surface area (Å²) in [6.45, 7) is 7.25. The van der Waals surface area contributed by atoms with Crippen molar-refractivity contribution in [3.63, 3.8) is 0 Å². The number of nitrogens with two attached hydrogens (primary N) is 1. The normalized spacial score (nSPS) is 12.4. The van der Waals surface area contributed by atoms with Crippen molar-refractivity contribution in [2.75, 3.05) is 12.8 Å². The Hall–Kier alpha value is -2.24. The minimum atomic E-state index is -0.664. The zero-order chi connectivity index (χ0) is 16.2. The highest BCUT2D eigenvalue weighted by atomic mass is 16.5. The van der Waals surface area contributed by atoms with Crippen LogP contribution >= 0.6 is 0 Å². The Bertz CT molecular complexity index is 535. The summed E-state index contributed by atoms with van der Waals surface area (Å²) < 4.78 is 5.13. The van der Waals surface area contributed by atoms with E-state index in [2.05, 4.69) is 10.6 Å². The van der Waals surface area contributed by atoms with Crippen LogP contribution in [0.1, 0.15) is 38.1 Å². The maximum Gasteiger partial charge on any atom is 0.255 e. The quantitative estimate of drug-likeness (QED) is 0.730. The molecule has 1 unspecified atom stereocenters. The lowest BCUT2D eigenvalue weighted by molar-refractivity contribution is -0.124. The van der Waals surface area contributed by atoms with Crippen LogP contribution in [0.5, 0.6) is 5.75 Å². The molecule has 0 aliphatic heterocycles. The van der Waals surface area contributed by atoms with E-state index in [1.807, 2.05) is 20.8 Å². The number of hydrogen-bond acceptors (Lipinski definition) is 4. The first-order chi connectivity index (χ1) is 9.64. The summed E-state index contributed by atoms with van der Waals surface area (Å²) >= 11 is 0. The van der Waals surface area contributed by atoms with Crippen LogP contribution in [0.25, 0.3) is 0 Å². The summed E-state index contributed by atoms with van der Waals surface area (Å²) in [5, 5.41) is 5.44. The van der Waals surface area contributed by atoms with Gasteiger partial charge in [0.1, 0.15) is 11.8 Å². The molecule has 2 amide bonds. The number of rotatable bonds is 4. The number of carbonyl (C=O) groups is 2. The fourth-order valence-electron chi connectivity index (χ4n) is 1.72. The van der Waals surface area contributed by atoms with Crippen LogP contribution in [0.15, 0.2) is 18.2 Å². The first kappa shape index (κ1) is 16.8. The lowest BCUT2D eigenvalue weighted by atomic mass is 10.1. The molecule has 0 bridgehead atoms. The minimum absolute atomic E-state index is 0.251. The van der Waals surface area contributed by atoms with E-state index in [4.69, 9.17) is 10.5 Å². The van der Waals surface area contributed by atoms with Gasteiger partial charge in [-0.2, -0.15) is 0 Å². The van der Waals surface area contributed by atoms with E-state index in [1.54, 1.807) is 19.1 Å². The first-order valence-electron chi connectivity index (χ1n) is 6.70. The minimum Gasteiger partial charge on any atom is -0.496 e. The number of carbonyl (C=O) groups excluding carboxylic acids is 2. The molecule has 4 N–H and O–H groups in total. The highest BCUT2D eigenvalue weighted by Crippen LogP contribution is 2.21. The number of hydrogen-bond donors (Lipinski definition) is 3. The maximum atomic E-state index is 12.2. The lowest BCUT2D eigenvalue weighted by Gasteiger charge is -2.23. The number of nitrogen functional groups attached to an aromatic ring is 1. The Morgan fingerprint density at radius 3 is 2.43 bits per heavy atom. The average Bonchev–Trinajstić information content (AvgIpc) is 2.36. The average molecular weight is 293 g/mol. The van der Waals surface area contributed by atoms with E-state index in [0.717, 1.165) is 0 Å². The Balaban J connectivity index is 2.81. The van der Waals surface area contributed by atoms with E-state index in [9.17, 15) is 9.59 Å². The van der Waals surface area contributed by atoms with Crippen molar-refractivity contribution >= 4 is 17.5 Å². The predicted molar refractivity (Wildman–Crippen MR) is 82.2 cm³/mol. The third kappa shape index (κ3) is 4.98. The number of anilines is 1. The van der Waals surface area contributed by atoms with Gasteiger partial charge in [0.15, 0.2) is 0 Å². The summed E-state index contributed by atoms with van der Waals surface area (Å²) in [6.07, 6.45) is 0. The van der Waals surface area contributed by atoms with E-state index in [-0.39, 0.29) is 11.4 Å². The standard InChI is InChI=1S/C15H23N3O3/c1-9(13(19)18-15(2,3)4)17-14(20)11-8-10(16)6-7-12(11)21-5/h6-9H,16H2,1-5H3,(H,17,20)(H,18,19). The maximum absolute atomic E-state index is 12.2. The van der Waals surface area contributed by atoms with Crippen molar-refractivity contribution in [1.82, 2.24) is 10.6 Å². The topological polar surface area (TPSA) is 93.4 Å². The van der Waals surface area contributed by atoms with E-state index >= 15 is 0 Å². The van der Waals surface area contributed by atoms with Gasteiger partial charge in [-0.1, -0.05) is 0 Å². The molecule has 21 heavy (non-hydrogen) atoms. The summed E-state index contributed by atoms with van der Waals surface area (Å²) in [4.78, 5) is 24.2. The van der Waals surface area contributed by atoms with Gasteiger partial charge in [-0.15, -0.1) is 0 Å². The Kier molecular flexibility index (Phi) is 5.18. The van der Waals surface area contributed by atoms with Crippen molar-refractivity contribution in [3.05, 3.63) is 23.8 Å². The monoisotopic (exact) mass is 293 g/mol. The second kappa shape index (κ2) is 6.47. The van der Waals surface area contributed by atoms with Crippen LogP contribution < -0.4 is 21.1 Å². The van der Waals surface area contributed by atoms with Crippen LogP contribution in [-0.4, -0.2) is 30.5 Å². The molecule has 0 spiro atoms. The molecule has 0 aliphatic rings. The number of nitrogens with one attached hydrogen (secondary N) is 2. The molecule has 1 aromatic carbocycles. The van der Waals surface area contributed by atoms with Gasteiger partial charge in [0.05, 0.1) is 12.7 Å². The van der Waals surface area contributed by atoms with Crippen molar-refractivity contribution in [3.8, 4) is 5.75 Å². The van der Waals surface area contributed by atoms with Gasteiger partial charge in [-0.05, 0) is 45.9 Å². The fourth-order valence-corrected chi connectivity index (χ4v) is 1.72. The SMILES string of the molecule is COc1ccc(N)cc1C(=O)NC(C)C(=O)NC(C)(C)C. The molecular weight excluding hydrogens is 270 g/mol. The predicted octanol–water partition coefficient (Wildman–Crippen LogP) is 1.31. The molecule has 0 aromatic heterocycles. The molecule has 0 saturated carbocycles. The third-order valence-electron chi connectivity index (χ3n) is 2.71. The summed E-state index contributed by atoms with van der Waals surface area (Å²) in [5.41, 5.74) is 6.07. The molecule has 0 saturated heterocycles. The molecular formula is C15H23N3O3. The van der Waals surface area contributed by atoms with Gasteiger partial charge in [-0.25, -0.2) is 0 Å². The number of methoxy groups -OCH3 is 1. The number of ether oxygens (including phenoxy) is 1. The van der Waals surface area contributed by atoms with Gasteiger partial charge >= 0.3 is 0 Å². The highest BCUT2D eigenvalue weighted by molar-refractivity contribution is 6.00. The van der Waals surface area contributed by atoms with Crippen LogP contribution in [0, 0.1) is 0 Å². The molecule has 1 aromatic rings. The smallest absolute Gasteiger partial charge is 0.255 e. The molecule has 6 heteroatoms. The molecule has 0 heterocycles. The van der Waals surface area contributed by atoms with E-state index in [0.29, 0.717) is 17.0 Å². The summed E-state index contributed by atoms with van der Waals surface area (Å²) in [5.74, 6) is -0.250. The number of benzene rings is 1. The third-order valence-corrected chi connectivity index (χ3v) is 2.71. The van der Waals surface area contributed by atoms with E-state index < -0.39 is 11.9 Å². The van der Waals surface area contributed by atoms with Crippen molar-refractivity contribution < 1.29 is 14.3 Å². The van der Waals surface area contributed by atoms with Crippen molar-refractivity contribution in [1.29, 1.82) is 0 Å². The Morgan fingerprint density at radius 2 is 1.90 bits per heavy atom. The van der Waals surface area contributed by atoms with Crippen LogP contribution in [-0.2, 0) is 4.79 Å². The summed E-state index contributed by atoms with van der Waals surface area (Å²) in [6, 6.07) is 4.11. The van der Waals surface area contributed by atoms with Gasteiger partial charge in [0.25, 0.3) is 5.91 Å². The first-order valence-corrected chi connectivity index (χ1v) is 6.70. The van der Waals surface area contributed by atoms with Gasteiger partial charge in [0, 0.05) is 11.2 Å². The second-order valence-electron chi connectivity index (χ2n) is 5.89. The molecule has 1 rings (SSSR count). The lowest BCUT2D eigenvalue weighted by Crippen LogP contribution is -2.50. The highest BCUT2D eigenvalue weighted by Gasteiger charge is 2.22. The van der Waals surface area contributed by atoms with Crippen molar-refractivity contribution in [2.24, 2.45) is 0 Å². The summed E-state index contributed by atoms with van der Waals surface area (Å²) in [7, 11) is 1.47. The molecule has 1 atom stereocenters. The van der Waals surface area contributed by atoms with Gasteiger partial charge in [0.2, 0.25) is 5.91 Å². The van der Waals surface area contributed by atoms with E-state index in [1.165, 1.54) is 13.2 Å². The zero-order valence-corrected chi connectivity index (χ0v) is 13.1. The van der Waals surface area contributed by atoms with Crippen LogP contribution in [0.3, 0.4) is 0 Å². The zero-order valence-electron chi connectivity index (χ0n) is 13.1. The molecule has 0 radical (unpaired) electrons. The molecule has 0 aliphatic carbocycles. The molecule has 6 nitrogen and oxygen atoms in total. The van der Waals surface area contributed by atoms with Gasteiger partial charge in [-0.3, -0.25) is 9.59 Å². The molecule has 116 valence electrons. The van der Waals surface area contributed by atoms with Crippen LogP contribution in [0.2, 0.25) is 0 Å². The van der Waals surface area contributed by atoms with Crippen LogP contribution in [0.4, 0.5) is 5.69 Å². The Labute approximate surface area is 125 Å². The van der Waals surface area contributed by atoms with Gasteiger partial charge < -0.3 is 21.1 Å².